The molecule has 0 atom stereocenters. The van der Waals surface area contributed by atoms with E-state index in [2.05, 4.69) is 6.07 Å². The normalized spacial score (nSPS) is 11.8. The lowest BCUT2D eigenvalue weighted by Crippen LogP contribution is -1.86. The van der Waals surface area contributed by atoms with Crippen molar-refractivity contribution in [1.82, 2.24) is 0 Å². The molecule has 0 amide bonds. The Balaban J connectivity index is 2.15. The fourth-order valence-electron chi connectivity index (χ4n) is 2.87. The second-order valence-electron chi connectivity index (χ2n) is 5.16. The molecule has 0 spiro atoms. The van der Waals surface area contributed by atoms with E-state index in [9.17, 15) is 4.79 Å². The Bertz CT molecular complexity index is 1010. The Hall–Kier alpha value is -3.07. The average molecular weight is 288 g/mol. The smallest absolute Gasteiger partial charge is 0.328 e. The van der Waals surface area contributed by atoms with Crippen LogP contribution in [0, 0.1) is 0 Å². The quantitative estimate of drug-likeness (QED) is 0.539. The van der Waals surface area contributed by atoms with Crippen LogP contribution in [-0.2, 0) is 4.79 Å². The van der Waals surface area contributed by atoms with E-state index in [0.29, 0.717) is 0 Å². The average Bonchev–Trinajstić information content (AvgIpc) is 2.84. The first-order valence-electron chi connectivity index (χ1n) is 6.98. The van der Waals surface area contributed by atoms with E-state index in [4.69, 9.17) is 9.52 Å². The monoisotopic (exact) mass is 288 g/mol. The minimum absolute atomic E-state index is 0.720. The van der Waals surface area contributed by atoms with Crippen molar-refractivity contribution in [1.29, 1.82) is 0 Å². The van der Waals surface area contributed by atoms with Gasteiger partial charge in [-0.25, -0.2) is 4.79 Å². The number of para-hydroxylation sites is 1. The summed E-state index contributed by atoms with van der Waals surface area (Å²) in [5.74, 6) is -0.253. The van der Waals surface area contributed by atoms with Gasteiger partial charge >= 0.3 is 5.97 Å². The van der Waals surface area contributed by atoms with E-state index in [1.165, 1.54) is 0 Å². The molecule has 0 radical (unpaired) electrons. The lowest BCUT2D eigenvalue weighted by atomic mass is 10.1. The second-order valence-corrected chi connectivity index (χ2v) is 5.16. The zero-order valence-corrected chi connectivity index (χ0v) is 11.6. The second kappa shape index (κ2) is 4.74. The molecule has 3 heteroatoms. The maximum atomic E-state index is 10.9. The first-order valence-corrected chi connectivity index (χ1v) is 6.98. The molecule has 2 aromatic carbocycles. The molecule has 0 unspecified atom stereocenters. The number of hydrogen-bond donors (Lipinski definition) is 1. The summed E-state index contributed by atoms with van der Waals surface area (Å²) < 4.78 is 6.05. The number of carboxylic acid groups (broad SMARTS) is 1. The molecule has 1 heterocycles. The SMILES string of the molecule is O=C(O)/C=C/c1c2oc3ccccc3cc-2c2ccccc12. The van der Waals surface area contributed by atoms with E-state index in [1.54, 1.807) is 6.08 Å². The molecule has 0 saturated heterocycles. The van der Waals surface area contributed by atoms with Crippen molar-refractivity contribution in [2.45, 2.75) is 0 Å². The third-order valence-electron chi connectivity index (χ3n) is 3.82. The van der Waals surface area contributed by atoms with E-state index in [-0.39, 0.29) is 0 Å². The summed E-state index contributed by atoms with van der Waals surface area (Å²) in [5.41, 5.74) is 2.59. The van der Waals surface area contributed by atoms with Crippen LogP contribution in [0.3, 0.4) is 0 Å². The number of carboxylic acids is 1. The van der Waals surface area contributed by atoms with Crippen molar-refractivity contribution in [3.63, 3.8) is 0 Å². The summed E-state index contributed by atoms with van der Waals surface area (Å²) in [7, 11) is 0. The number of carbonyl (C=O) groups is 1. The first kappa shape index (κ1) is 12.7. The molecule has 0 bridgehead atoms. The van der Waals surface area contributed by atoms with Crippen LogP contribution in [0.15, 0.2) is 65.1 Å². The van der Waals surface area contributed by atoms with Crippen molar-refractivity contribution in [3.05, 3.63) is 66.2 Å². The van der Waals surface area contributed by atoms with Gasteiger partial charge in [0.05, 0.1) is 0 Å². The summed E-state index contributed by atoms with van der Waals surface area (Å²) in [4.78, 5) is 10.9. The van der Waals surface area contributed by atoms with Gasteiger partial charge in [0.1, 0.15) is 11.3 Å². The van der Waals surface area contributed by atoms with E-state index >= 15 is 0 Å². The lowest BCUT2D eigenvalue weighted by Gasteiger charge is -2.04. The molecule has 2 aliphatic rings. The van der Waals surface area contributed by atoms with Crippen LogP contribution in [0.4, 0.5) is 0 Å². The predicted molar refractivity (Wildman–Crippen MR) is 87.0 cm³/mol. The number of benzene rings is 2. The maximum Gasteiger partial charge on any atom is 0.328 e. The van der Waals surface area contributed by atoms with E-state index in [0.717, 1.165) is 44.7 Å². The molecule has 0 saturated carbocycles. The van der Waals surface area contributed by atoms with Crippen LogP contribution in [0.25, 0.3) is 39.1 Å². The summed E-state index contributed by atoms with van der Waals surface area (Å²) in [6.07, 6.45) is 2.75. The summed E-state index contributed by atoms with van der Waals surface area (Å²) >= 11 is 0. The fourth-order valence-corrected chi connectivity index (χ4v) is 2.87. The third-order valence-corrected chi connectivity index (χ3v) is 3.82. The third kappa shape index (κ3) is 1.87. The van der Waals surface area contributed by atoms with Crippen molar-refractivity contribution < 1.29 is 14.3 Å². The van der Waals surface area contributed by atoms with Crippen LogP contribution in [-0.4, -0.2) is 11.1 Å². The van der Waals surface area contributed by atoms with Crippen LogP contribution >= 0.6 is 0 Å². The van der Waals surface area contributed by atoms with Gasteiger partial charge in [-0.1, -0.05) is 42.5 Å². The maximum absolute atomic E-state index is 10.9. The van der Waals surface area contributed by atoms with Crippen molar-refractivity contribution in [3.8, 4) is 11.3 Å². The minimum Gasteiger partial charge on any atom is -0.478 e. The van der Waals surface area contributed by atoms with Gasteiger partial charge in [-0.3, -0.25) is 0 Å². The molecule has 0 fully saturated rings. The number of aliphatic carboxylic acids is 1. The molecule has 1 aliphatic carbocycles. The molecule has 106 valence electrons. The van der Waals surface area contributed by atoms with Gasteiger partial charge < -0.3 is 9.52 Å². The molecular formula is C19H12O3. The topological polar surface area (TPSA) is 50.4 Å². The minimum atomic E-state index is -0.973. The molecule has 4 rings (SSSR count). The highest BCUT2D eigenvalue weighted by atomic mass is 16.4. The van der Waals surface area contributed by atoms with Gasteiger partial charge in [-0.2, -0.15) is 0 Å². The lowest BCUT2D eigenvalue weighted by molar-refractivity contribution is -0.131. The highest BCUT2D eigenvalue weighted by molar-refractivity contribution is 6.10. The van der Waals surface area contributed by atoms with Crippen molar-refractivity contribution in [2.75, 3.05) is 0 Å². The molecule has 0 aromatic heterocycles. The predicted octanol–water partition coefficient (Wildman–Crippen LogP) is 4.79. The van der Waals surface area contributed by atoms with Gasteiger partial charge in [0.15, 0.2) is 0 Å². The Morgan fingerprint density at radius 2 is 1.73 bits per heavy atom. The molecule has 1 aliphatic heterocycles. The van der Waals surface area contributed by atoms with Gasteiger partial charge in [-0.15, -0.1) is 0 Å². The van der Waals surface area contributed by atoms with Gasteiger partial charge in [0, 0.05) is 22.6 Å². The van der Waals surface area contributed by atoms with E-state index in [1.807, 2.05) is 48.5 Å². The molecule has 1 N–H and O–H groups in total. The highest BCUT2D eigenvalue weighted by Gasteiger charge is 2.19. The molecule has 2 aromatic rings. The number of fused-ring (bicyclic) bond motifs is 4. The van der Waals surface area contributed by atoms with E-state index < -0.39 is 5.97 Å². The largest absolute Gasteiger partial charge is 0.478 e. The Kier molecular flexibility index (Phi) is 2.73. The molecular weight excluding hydrogens is 276 g/mol. The van der Waals surface area contributed by atoms with Crippen LogP contribution in [0.1, 0.15) is 5.56 Å². The zero-order chi connectivity index (χ0) is 15.1. The van der Waals surface area contributed by atoms with Crippen LogP contribution < -0.4 is 0 Å². The summed E-state index contributed by atoms with van der Waals surface area (Å²) in [6, 6.07) is 17.8. The Labute approximate surface area is 126 Å². The summed E-state index contributed by atoms with van der Waals surface area (Å²) in [6.45, 7) is 0. The van der Waals surface area contributed by atoms with Crippen LogP contribution in [0.5, 0.6) is 0 Å². The van der Waals surface area contributed by atoms with Crippen molar-refractivity contribution >= 4 is 33.8 Å². The molecule has 3 nitrogen and oxygen atoms in total. The van der Waals surface area contributed by atoms with Crippen molar-refractivity contribution in [2.24, 2.45) is 0 Å². The number of rotatable bonds is 2. The molecule has 22 heavy (non-hydrogen) atoms. The Morgan fingerprint density at radius 3 is 2.55 bits per heavy atom. The first-order chi connectivity index (χ1) is 10.7. The highest BCUT2D eigenvalue weighted by Crippen LogP contribution is 2.41. The van der Waals surface area contributed by atoms with Gasteiger partial charge in [0.25, 0.3) is 0 Å². The standard InChI is InChI=1S/C19H12O3/c20-18(21)10-9-15-13-6-2-3-7-14(13)16-11-12-5-1-4-8-17(12)22-19(15)16/h1-11H,(H,20,21)/b10-9+. The number of hydrogen-bond acceptors (Lipinski definition) is 2. The van der Waals surface area contributed by atoms with Crippen LogP contribution in [0.2, 0.25) is 0 Å². The fraction of sp³-hybridized carbons (Fsp3) is 0. The van der Waals surface area contributed by atoms with Gasteiger partial charge in [0.2, 0.25) is 0 Å². The Morgan fingerprint density at radius 1 is 1.00 bits per heavy atom. The zero-order valence-electron chi connectivity index (χ0n) is 11.6. The van der Waals surface area contributed by atoms with Gasteiger partial charge in [-0.05, 0) is 29.0 Å². The summed E-state index contributed by atoms with van der Waals surface area (Å²) in [5, 5.41) is 12.0.